The fourth-order valence-electron chi connectivity index (χ4n) is 3.49. The Kier molecular flexibility index (Phi) is 6.26. The van der Waals surface area contributed by atoms with Gasteiger partial charge in [0.05, 0.1) is 10.6 Å². The van der Waals surface area contributed by atoms with E-state index in [0.717, 1.165) is 31.5 Å². The first-order chi connectivity index (χ1) is 14.5. The number of anilines is 1. The molecule has 2 fully saturated rings. The highest BCUT2D eigenvalue weighted by molar-refractivity contribution is 7.99. The summed E-state index contributed by atoms with van der Waals surface area (Å²) in [7, 11) is -3.52. The molecule has 0 radical (unpaired) electrons. The number of aromatic nitrogens is 3. The van der Waals surface area contributed by atoms with E-state index in [-0.39, 0.29) is 16.6 Å². The molecule has 0 bridgehead atoms. The minimum atomic E-state index is -3.52. The Labute approximate surface area is 180 Å². The number of carbonyl (C=O) groups excluding carboxylic acids is 1. The fourth-order valence-corrected chi connectivity index (χ4v) is 5.81. The number of benzene rings is 1. The van der Waals surface area contributed by atoms with Crippen LogP contribution in [0.4, 0.5) is 5.69 Å². The number of sulfonamides is 1. The standard InChI is InChI=1S/C20H25N5O3S2/c1-2-10-25-19(15-8-9-15)22-23-20(25)29-14-18(26)21-16-6-5-7-17(13-16)30(27,28)24-11-3-4-12-24/h2,5-7,13,15H,1,3-4,8-12,14H2,(H,21,26). The Morgan fingerprint density at radius 2 is 2.03 bits per heavy atom. The third-order valence-corrected chi connectivity index (χ3v) is 8.01. The second-order valence-corrected chi connectivity index (χ2v) is 10.4. The molecule has 0 spiro atoms. The van der Waals surface area contributed by atoms with Gasteiger partial charge in [0.25, 0.3) is 0 Å². The van der Waals surface area contributed by atoms with E-state index in [9.17, 15) is 13.2 Å². The number of nitrogens with one attached hydrogen (secondary N) is 1. The van der Waals surface area contributed by atoms with Crippen molar-refractivity contribution >= 4 is 33.4 Å². The van der Waals surface area contributed by atoms with Crippen molar-refractivity contribution in [2.45, 2.75) is 48.2 Å². The fraction of sp³-hybridized carbons (Fsp3) is 0.450. The molecule has 1 aromatic heterocycles. The lowest BCUT2D eigenvalue weighted by Crippen LogP contribution is -2.28. The van der Waals surface area contributed by atoms with Crippen LogP contribution in [0.5, 0.6) is 0 Å². The molecule has 1 aliphatic heterocycles. The van der Waals surface area contributed by atoms with Gasteiger partial charge in [0, 0.05) is 31.2 Å². The van der Waals surface area contributed by atoms with E-state index >= 15 is 0 Å². The zero-order valence-corrected chi connectivity index (χ0v) is 18.3. The average molecular weight is 448 g/mol. The van der Waals surface area contributed by atoms with Gasteiger partial charge in [0.1, 0.15) is 5.82 Å². The minimum Gasteiger partial charge on any atom is -0.325 e. The minimum absolute atomic E-state index is 0.156. The third kappa shape index (κ3) is 4.60. The summed E-state index contributed by atoms with van der Waals surface area (Å²) >= 11 is 1.31. The Morgan fingerprint density at radius 1 is 1.27 bits per heavy atom. The number of thioether (sulfide) groups is 1. The van der Waals surface area contributed by atoms with Gasteiger partial charge in [-0.1, -0.05) is 23.9 Å². The Morgan fingerprint density at radius 3 is 2.73 bits per heavy atom. The van der Waals surface area contributed by atoms with Crippen LogP contribution >= 0.6 is 11.8 Å². The molecule has 2 heterocycles. The molecule has 1 aliphatic carbocycles. The molecule has 1 saturated carbocycles. The molecule has 1 N–H and O–H groups in total. The second-order valence-electron chi connectivity index (χ2n) is 7.49. The van der Waals surface area contributed by atoms with E-state index in [2.05, 4.69) is 22.1 Å². The molecule has 0 atom stereocenters. The maximum absolute atomic E-state index is 12.7. The van der Waals surface area contributed by atoms with E-state index < -0.39 is 10.0 Å². The maximum atomic E-state index is 12.7. The van der Waals surface area contributed by atoms with Gasteiger partial charge < -0.3 is 9.88 Å². The number of nitrogens with zero attached hydrogens (tertiary/aromatic N) is 4. The largest absolute Gasteiger partial charge is 0.325 e. The van der Waals surface area contributed by atoms with Crippen molar-refractivity contribution in [2.24, 2.45) is 0 Å². The first-order valence-electron chi connectivity index (χ1n) is 10.1. The van der Waals surface area contributed by atoms with Crippen LogP contribution in [0.1, 0.15) is 37.4 Å². The molecule has 2 aromatic rings. The lowest BCUT2D eigenvalue weighted by molar-refractivity contribution is -0.113. The molecule has 1 saturated heterocycles. The van der Waals surface area contributed by atoms with Gasteiger partial charge in [-0.2, -0.15) is 4.31 Å². The first kappa shape index (κ1) is 21.1. The number of carbonyl (C=O) groups is 1. The van der Waals surface area contributed by atoms with Crippen LogP contribution in [0.3, 0.4) is 0 Å². The highest BCUT2D eigenvalue weighted by Gasteiger charge is 2.30. The van der Waals surface area contributed by atoms with Crippen LogP contribution in [0.15, 0.2) is 47.0 Å². The lowest BCUT2D eigenvalue weighted by atomic mass is 10.3. The van der Waals surface area contributed by atoms with Crippen molar-refractivity contribution in [1.82, 2.24) is 19.1 Å². The summed E-state index contributed by atoms with van der Waals surface area (Å²) in [4.78, 5) is 12.7. The van der Waals surface area contributed by atoms with Gasteiger partial charge in [0.2, 0.25) is 15.9 Å². The van der Waals surface area contributed by atoms with Gasteiger partial charge in [0.15, 0.2) is 5.16 Å². The molecular formula is C20H25N5O3S2. The summed E-state index contributed by atoms with van der Waals surface area (Å²) < 4.78 is 29.0. The highest BCUT2D eigenvalue weighted by Crippen LogP contribution is 2.40. The van der Waals surface area contributed by atoms with Crippen LogP contribution < -0.4 is 5.32 Å². The van der Waals surface area contributed by atoms with Gasteiger partial charge in [-0.05, 0) is 43.9 Å². The van der Waals surface area contributed by atoms with Crippen LogP contribution in [0.25, 0.3) is 0 Å². The normalized spacial score (nSPS) is 17.2. The van der Waals surface area contributed by atoms with Crippen LogP contribution in [-0.2, 0) is 21.4 Å². The van der Waals surface area contributed by atoms with Gasteiger partial charge in [-0.15, -0.1) is 16.8 Å². The monoisotopic (exact) mass is 447 g/mol. The molecule has 10 heteroatoms. The summed E-state index contributed by atoms with van der Waals surface area (Å²) in [5.41, 5.74) is 0.465. The summed E-state index contributed by atoms with van der Waals surface area (Å²) in [5.74, 6) is 1.35. The van der Waals surface area contributed by atoms with Gasteiger partial charge in [-0.3, -0.25) is 4.79 Å². The predicted octanol–water partition coefficient (Wildman–Crippen LogP) is 2.86. The zero-order chi connectivity index (χ0) is 21.1. The van der Waals surface area contributed by atoms with Crippen molar-refractivity contribution in [3.63, 3.8) is 0 Å². The molecule has 0 unspecified atom stereocenters. The second kappa shape index (κ2) is 8.91. The molecule has 1 aromatic carbocycles. The predicted molar refractivity (Wildman–Crippen MR) is 116 cm³/mol. The Hall–Kier alpha value is -2.17. The number of hydrogen-bond donors (Lipinski definition) is 1. The number of amides is 1. The Bertz CT molecular complexity index is 1040. The lowest BCUT2D eigenvalue weighted by Gasteiger charge is -2.16. The van der Waals surface area contributed by atoms with Gasteiger partial charge in [-0.25, -0.2) is 8.42 Å². The average Bonchev–Trinajstić information content (AvgIpc) is 3.25. The molecule has 1 amide bonds. The Balaban J connectivity index is 1.40. The number of hydrogen-bond acceptors (Lipinski definition) is 6. The zero-order valence-electron chi connectivity index (χ0n) is 16.7. The highest BCUT2D eigenvalue weighted by atomic mass is 32.2. The van der Waals surface area contributed by atoms with Gasteiger partial charge >= 0.3 is 0 Å². The van der Waals surface area contributed by atoms with Crippen molar-refractivity contribution in [1.29, 1.82) is 0 Å². The van der Waals surface area contributed by atoms with Crippen molar-refractivity contribution in [3.8, 4) is 0 Å². The molecular weight excluding hydrogens is 422 g/mol. The van der Waals surface area contributed by atoms with E-state index in [1.807, 2.05) is 4.57 Å². The first-order valence-corrected chi connectivity index (χ1v) is 12.5. The topological polar surface area (TPSA) is 97.2 Å². The third-order valence-electron chi connectivity index (χ3n) is 5.15. The van der Waals surface area contributed by atoms with Crippen molar-refractivity contribution in [3.05, 3.63) is 42.7 Å². The van der Waals surface area contributed by atoms with Crippen LogP contribution in [0.2, 0.25) is 0 Å². The van der Waals surface area contributed by atoms with Crippen molar-refractivity contribution in [2.75, 3.05) is 24.2 Å². The molecule has 2 aliphatic rings. The van der Waals surface area contributed by atoms with Crippen molar-refractivity contribution < 1.29 is 13.2 Å². The van der Waals surface area contributed by atoms with E-state index in [1.165, 1.54) is 22.1 Å². The maximum Gasteiger partial charge on any atom is 0.243 e. The number of rotatable bonds is 9. The smallest absolute Gasteiger partial charge is 0.243 e. The van der Waals surface area contributed by atoms with E-state index in [0.29, 0.717) is 36.4 Å². The van der Waals surface area contributed by atoms with Crippen LogP contribution in [-0.4, -0.2) is 52.2 Å². The van der Waals surface area contributed by atoms with E-state index in [4.69, 9.17) is 0 Å². The molecule has 30 heavy (non-hydrogen) atoms. The summed E-state index contributed by atoms with van der Waals surface area (Å²) in [6.07, 6.45) is 5.80. The summed E-state index contributed by atoms with van der Waals surface area (Å²) in [6, 6.07) is 6.42. The summed E-state index contributed by atoms with van der Waals surface area (Å²) in [5, 5.41) is 12.0. The number of allylic oxidation sites excluding steroid dienone is 1. The van der Waals surface area contributed by atoms with Crippen LogP contribution in [0, 0.1) is 0 Å². The molecule has 4 rings (SSSR count). The summed E-state index contributed by atoms with van der Waals surface area (Å²) in [6.45, 7) is 5.49. The van der Waals surface area contributed by atoms with E-state index in [1.54, 1.807) is 24.3 Å². The molecule has 8 nitrogen and oxygen atoms in total. The quantitative estimate of drug-likeness (QED) is 0.469. The molecule has 160 valence electrons. The SMILES string of the molecule is C=CCn1c(SCC(=O)Nc2cccc(S(=O)(=O)N3CCCC3)c2)nnc1C1CC1.